The third kappa shape index (κ3) is 1.87. The molecule has 0 aromatic heterocycles. The molecule has 0 aliphatic carbocycles. The monoisotopic (exact) mass is 206 g/mol. The molecule has 1 rings (SSSR count). The Kier molecular flexibility index (Phi) is 2.42. The van der Waals surface area contributed by atoms with Crippen LogP contribution < -0.4 is 0 Å². The molecule has 1 aliphatic rings. The van der Waals surface area contributed by atoms with Gasteiger partial charge in [0.25, 0.3) is 0 Å². The van der Waals surface area contributed by atoms with Gasteiger partial charge in [0.15, 0.2) is 0 Å². The van der Waals surface area contributed by atoms with Crippen LogP contribution in [0, 0.1) is 0 Å². The van der Waals surface area contributed by atoms with Crippen molar-refractivity contribution in [1.29, 1.82) is 0 Å². The normalized spacial score (nSPS) is 24.7. The summed E-state index contributed by atoms with van der Waals surface area (Å²) >= 11 is 3.72. The topological polar surface area (TPSA) is 0 Å². The summed E-state index contributed by atoms with van der Waals surface area (Å²) in [5, 5.41) is 4.55. The predicted molar refractivity (Wildman–Crippen MR) is 50.0 cm³/mol. The van der Waals surface area contributed by atoms with Gasteiger partial charge in [-0.1, -0.05) is 19.1 Å². The van der Waals surface area contributed by atoms with Crippen LogP contribution >= 0.6 is 23.3 Å². The van der Waals surface area contributed by atoms with E-state index < -0.39 is 8.46 Å². The molecule has 0 unspecified atom stereocenters. The van der Waals surface area contributed by atoms with Gasteiger partial charge in [0.05, 0.1) is 0 Å². The third-order valence-electron chi connectivity index (χ3n) is 1.24. The summed E-state index contributed by atoms with van der Waals surface area (Å²) in [6.45, 7) is 2.22. The van der Waals surface area contributed by atoms with Crippen LogP contribution in [0.25, 0.3) is 0 Å². The molecular formula is C7H11BrS. The molecule has 0 aromatic rings. The van der Waals surface area contributed by atoms with E-state index in [0.29, 0.717) is 0 Å². The lowest BCUT2D eigenvalue weighted by atomic mass is 10.6. The highest BCUT2D eigenvalue weighted by Gasteiger charge is 2.13. The number of hydrogen-bond donors (Lipinski definition) is 0. The summed E-state index contributed by atoms with van der Waals surface area (Å²) < 4.78 is 0. The third-order valence-corrected chi connectivity index (χ3v) is 5.76. The standard InChI is InChI=1S/C7H11BrS/c1-2-5-9(8)6-3-4-7-9/h3-4,6-7H,2,5H2,1H3. The molecule has 9 heavy (non-hydrogen) atoms. The minimum absolute atomic E-state index is 0.602. The zero-order valence-corrected chi connectivity index (χ0v) is 7.91. The molecule has 0 atom stereocenters. The van der Waals surface area contributed by atoms with Crippen LogP contribution in [0.15, 0.2) is 23.0 Å². The Morgan fingerprint density at radius 3 is 2.33 bits per heavy atom. The summed E-state index contributed by atoms with van der Waals surface area (Å²) in [6, 6.07) is 0. The molecule has 0 spiro atoms. The Labute approximate surface area is 65.5 Å². The fourth-order valence-corrected chi connectivity index (χ4v) is 4.26. The second kappa shape index (κ2) is 2.93. The van der Waals surface area contributed by atoms with Gasteiger partial charge in [0.2, 0.25) is 0 Å². The first-order valence-electron chi connectivity index (χ1n) is 3.12. The smallest absolute Gasteiger partial charge is 0.00679 e. The summed E-state index contributed by atoms with van der Waals surface area (Å²) in [7, 11) is -0.602. The van der Waals surface area contributed by atoms with Gasteiger partial charge in [-0.3, -0.25) is 0 Å². The number of hydrogen-bond acceptors (Lipinski definition) is 0. The lowest BCUT2D eigenvalue weighted by Crippen LogP contribution is -1.84. The lowest BCUT2D eigenvalue weighted by molar-refractivity contribution is 1.11. The Hall–Kier alpha value is 0.310. The molecule has 0 amide bonds. The maximum atomic E-state index is 3.72. The van der Waals surface area contributed by atoms with Crippen molar-refractivity contribution in [3.63, 3.8) is 0 Å². The molecule has 0 bridgehead atoms. The van der Waals surface area contributed by atoms with Gasteiger partial charge in [-0.25, -0.2) is 0 Å². The Morgan fingerprint density at radius 2 is 1.89 bits per heavy atom. The highest BCUT2D eigenvalue weighted by atomic mass is 79.9. The fourth-order valence-electron chi connectivity index (χ4n) is 0.846. The maximum absolute atomic E-state index is 3.72. The van der Waals surface area contributed by atoms with Gasteiger partial charge < -0.3 is 0 Å². The van der Waals surface area contributed by atoms with Crippen molar-refractivity contribution in [3.05, 3.63) is 23.0 Å². The first kappa shape index (κ1) is 7.42. The molecule has 2 heteroatoms. The van der Waals surface area contributed by atoms with E-state index in [2.05, 4.69) is 44.7 Å². The van der Waals surface area contributed by atoms with Crippen molar-refractivity contribution < 1.29 is 0 Å². The van der Waals surface area contributed by atoms with Crippen LogP contribution in [0.3, 0.4) is 0 Å². The molecular weight excluding hydrogens is 196 g/mol. The van der Waals surface area contributed by atoms with Crippen molar-refractivity contribution in [1.82, 2.24) is 0 Å². The van der Waals surface area contributed by atoms with E-state index in [0.717, 1.165) is 0 Å². The van der Waals surface area contributed by atoms with Crippen molar-refractivity contribution >= 4 is 23.3 Å². The maximum Gasteiger partial charge on any atom is -0.00679 e. The Balaban J connectivity index is 2.53. The first-order valence-corrected chi connectivity index (χ1v) is 6.89. The molecule has 0 nitrogen and oxygen atoms in total. The largest absolute Gasteiger partial charge is 0.142 e. The summed E-state index contributed by atoms with van der Waals surface area (Å²) in [5.74, 6) is 1.28. The highest BCUT2D eigenvalue weighted by Crippen LogP contribution is 2.60. The summed E-state index contributed by atoms with van der Waals surface area (Å²) in [5.41, 5.74) is 0. The quantitative estimate of drug-likeness (QED) is 0.649. The van der Waals surface area contributed by atoms with Crippen LogP contribution in [-0.2, 0) is 0 Å². The van der Waals surface area contributed by atoms with Gasteiger partial charge in [-0.15, -0.1) is 8.46 Å². The van der Waals surface area contributed by atoms with Gasteiger partial charge in [0, 0.05) is 0 Å². The van der Waals surface area contributed by atoms with Crippen LogP contribution in [-0.4, -0.2) is 5.75 Å². The second-order valence-electron chi connectivity index (χ2n) is 2.12. The molecule has 1 heterocycles. The summed E-state index contributed by atoms with van der Waals surface area (Å²) in [4.78, 5) is 0. The molecule has 1 aliphatic heterocycles. The lowest BCUT2D eigenvalue weighted by Gasteiger charge is -2.21. The average Bonchev–Trinajstić information content (AvgIpc) is 2.16. The van der Waals surface area contributed by atoms with E-state index >= 15 is 0 Å². The fraction of sp³-hybridized carbons (Fsp3) is 0.429. The van der Waals surface area contributed by atoms with Gasteiger partial charge in [-0.05, 0) is 37.8 Å². The van der Waals surface area contributed by atoms with Gasteiger partial charge in [0.1, 0.15) is 0 Å². The zero-order chi connectivity index (χ0) is 6.74. The second-order valence-corrected chi connectivity index (χ2v) is 8.20. The molecule has 0 saturated heterocycles. The Bertz CT molecular complexity index is 137. The van der Waals surface area contributed by atoms with E-state index in [1.807, 2.05) is 0 Å². The van der Waals surface area contributed by atoms with Crippen molar-refractivity contribution in [2.24, 2.45) is 0 Å². The predicted octanol–water partition coefficient (Wildman–Crippen LogP) is 3.55. The van der Waals surface area contributed by atoms with Crippen molar-refractivity contribution in [3.8, 4) is 0 Å². The number of allylic oxidation sites excluding steroid dienone is 2. The minimum Gasteiger partial charge on any atom is -0.142 e. The molecule has 0 aromatic carbocycles. The highest BCUT2D eigenvalue weighted by molar-refractivity contribution is 9.59. The van der Waals surface area contributed by atoms with Crippen LogP contribution in [0.1, 0.15) is 13.3 Å². The Morgan fingerprint density at radius 1 is 1.33 bits per heavy atom. The van der Waals surface area contributed by atoms with E-state index in [1.54, 1.807) is 0 Å². The summed E-state index contributed by atoms with van der Waals surface area (Å²) in [6.07, 6.45) is 5.51. The number of rotatable bonds is 2. The van der Waals surface area contributed by atoms with E-state index in [4.69, 9.17) is 0 Å². The molecule has 0 N–H and O–H groups in total. The van der Waals surface area contributed by atoms with Crippen molar-refractivity contribution in [2.45, 2.75) is 13.3 Å². The minimum atomic E-state index is -0.602. The molecule has 0 fully saturated rings. The first-order chi connectivity index (χ1) is 4.27. The van der Waals surface area contributed by atoms with Gasteiger partial charge >= 0.3 is 0 Å². The molecule has 0 saturated carbocycles. The molecule has 0 radical (unpaired) electrons. The molecule has 52 valence electrons. The van der Waals surface area contributed by atoms with E-state index in [-0.39, 0.29) is 0 Å². The van der Waals surface area contributed by atoms with Crippen LogP contribution in [0.2, 0.25) is 0 Å². The zero-order valence-electron chi connectivity index (χ0n) is 5.51. The average molecular weight is 207 g/mol. The van der Waals surface area contributed by atoms with Gasteiger partial charge in [-0.2, -0.15) is 0 Å². The van der Waals surface area contributed by atoms with Crippen LogP contribution in [0.5, 0.6) is 0 Å². The number of halogens is 1. The SMILES string of the molecule is CCCS1(Br)C=CC=C1. The van der Waals surface area contributed by atoms with E-state index in [1.165, 1.54) is 12.2 Å². The van der Waals surface area contributed by atoms with Crippen molar-refractivity contribution in [2.75, 3.05) is 5.75 Å². The van der Waals surface area contributed by atoms with E-state index in [9.17, 15) is 0 Å². The van der Waals surface area contributed by atoms with Crippen LogP contribution in [0.4, 0.5) is 0 Å².